The molecule has 11 heteroatoms. The van der Waals surface area contributed by atoms with Crippen molar-refractivity contribution in [3.8, 4) is 6.07 Å². The summed E-state index contributed by atoms with van der Waals surface area (Å²) in [5, 5.41) is 24.6. The zero-order chi connectivity index (χ0) is 25.4. The molecule has 0 aliphatic carbocycles. The van der Waals surface area contributed by atoms with Gasteiger partial charge in [-0.1, -0.05) is 30.3 Å². The summed E-state index contributed by atoms with van der Waals surface area (Å²) in [5.74, 6) is -1.94. The molecular weight excluding hydrogens is 520 g/mol. The van der Waals surface area contributed by atoms with Crippen molar-refractivity contribution in [3.63, 3.8) is 0 Å². The van der Waals surface area contributed by atoms with Crippen LogP contribution >= 0.6 is 15.9 Å². The molecule has 0 spiro atoms. The van der Waals surface area contributed by atoms with E-state index in [1.165, 1.54) is 42.5 Å². The number of esters is 1. The number of amides is 2. The summed E-state index contributed by atoms with van der Waals surface area (Å²) in [7, 11) is 0. The van der Waals surface area contributed by atoms with Crippen LogP contribution in [0.4, 0.5) is 17.1 Å². The van der Waals surface area contributed by atoms with Crippen molar-refractivity contribution >= 4 is 50.8 Å². The SMILES string of the molecule is N#CCC(=O)Nc1ccc(C(=O)O[C@@H](C(=O)Nc2ccc([N+](=O)[O-])cc2Br)c2ccccc2)cc1. The van der Waals surface area contributed by atoms with Crippen molar-refractivity contribution in [2.45, 2.75) is 12.5 Å². The maximum absolute atomic E-state index is 13.1. The summed E-state index contributed by atoms with van der Waals surface area (Å²) >= 11 is 3.20. The highest BCUT2D eigenvalue weighted by Crippen LogP contribution is 2.29. The van der Waals surface area contributed by atoms with E-state index < -0.39 is 28.8 Å². The first-order valence-electron chi connectivity index (χ1n) is 10.1. The van der Waals surface area contributed by atoms with Gasteiger partial charge in [-0.25, -0.2) is 4.79 Å². The Labute approximate surface area is 207 Å². The van der Waals surface area contributed by atoms with E-state index in [-0.39, 0.29) is 27.8 Å². The van der Waals surface area contributed by atoms with Crippen molar-refractivity contribution in [3.05, 3.63) is 98.5 Å². The fourth-order valence-electron chi connectivity index (χ4n) is 2.96. The number of rotatable bonds is 8. The highest BCUT2D eigenvalue weighted by atomic mass is 79.9. The molecule has 0 heterocycles. The molecule has 1 atom stereocenters. The standard InChI is InChI=1S/C24H17BrN4O6/c25-19-14-18(29(33)34)10-11-20(19)28-23(31)22(15-4-2-1-3-5-15)35-24(32)16-6-8-17(9-7-16)27-21(30)12-13-26/h1-11,14,22H,12H2,(H,27,30)(H,28,31)/t22-/m1/s1. The summed E-state index contributed by atoms with van der Waals surface area (Å²) in [6, 6.07) is 19.7. The van der Waals surface area contributed by atoms with Gasteiger partial charge < -0.3 is 15.4 Å². The average Bonchev–Trinajstić information content (AvgIpc) is 2.84. The second kappa shape index (κ2) is 11.5. The van der Waals surface area contributed by atoms with Crippen LogP contribution in [-0.2, 0) is 14.3 Å². The summed E-state index contributed by atoms with van der Waals surface area (Å²) in [4.78, 5) is 47.8. The molecule has 3 aromatic carbocycles. The Bertz CT molecular complexity index is 1310. The number of ether oxygens (including phenoxy) is 1. The number of halogens is 1. The van der Waals surface area contributed by atoms with Crippen LogP contribution in [0.5, 0.6) is 0 Å². The molecule has 0 aliphatic heterocycles. The summed E-state index contributed by atoms with van der Waals surface area (Å²) < 4.78 is 5.80. The number of nitro benzene ring substituents is 1. The number of carbonyl (C=O) groups is 3. The molecule has 0 radical (unpaired) electrons. The van der Waals surface area contributed by atoms with Crippen LogP contribution in [0.2, 0.25) is 0 Å². The number of hydrogen-bond donors (Lipinski definition) is 2. The van der Waals surface area contributed by atoms with Crippen molar-refractivity contribution in [2.75, 3.05) is 10.6 Å². The topological polar surface area (TPSA) is 151 Å². The molecule has 0 aliphatic rings. The van der Waals surface area contributed by atoms with Crippen molar-refractivity contribution in [1.82, 2.24) is 0 Å². The first-order valence-corrected chi connectivity index (χ1v) is 10.9. The molecule has 2 N–H and O–H groups in total. The average molecular weight is 537 g/mol. The molecule has 0 unspecified atom stereocenters. The minimum atomic E-state index is -1.32. The summed E-state index contributed by atoms with van der Waals surface area (Å²) in [6.07, 6.45) is -1.62. The van der Waals surface area contributed by atoms with Crippen LogP contribution in [0.15, 0.2) is 77.3 Å². The van der Waals surface area contributed by atoms with Gasteiger partial charge in [0, 0.05) is 27.9 Å². The number of anilines is 2. The Morgan fingerprint density at radius 2 is 1.71 bits per heavy atom. The zero-order valence-corrected chi connectivity index (χ0v) is 19.5. The number of nitrogens with one attached hydrogen (secondary N) is 2. The third-order valence-corrected chi connectivity index (χ3v) is 5.29. The molecule has 0 saturated heterocycles. The van der Waals surface area contributed by atoms with Crippen molar-refractivity contribution in [1.29, 1.82) is 5.26 Å². The minimum absolute atomic E-state index is 0.133. The number of nitriles is 1. The molecule has 0 bridgehead atoms. The van der Waals surface area contributed by atoms with E-state index in [1.54, 1.807) is 36.4 Å². The smallest absolute Gasteiger partial charge is 0.339 e. The highest BCUT2D eigenvalue weighted by Gasteiger charge is 2.26. The molecule has 3 aromatic rings. The second-order valence-electron chi connectivity index (χ2n) is 7.07. The lowest BCUT2D eigenvalue weighted by molar-refractivity contribution is -0.384. The van der Waals surface area contributed by atoms with Crippen LogP contribution < -0.4 is 10.6 Å². The third-order valence-electron chi connectivity index (χ3n) is 4.63. The lowest BCUT2D eigenvalue weighted by atomic mass is 10.1. The van der Waals surface area contributed by atoms with Gasteiger partial charge >= 0.3 is 5.97 Å². The van der Waals surface area contributed by atoms with Crippen LogP contribution in [0.3, 0.4) is 0 Å². The lowest BCUT2D eigenvalue weighted by Gasteiger charge is -2.19. The number of non-ortho nitro benzene ring substituents is 1. The van der Waals surface area contributed by atoms with Crippen molar-refractivity contribution < 1.29 is 24.0 Å². The Balaban J connectivity index is 1.79. The number of nitro groups is 1. The van der Waals surface area contributed by atoms with Crippen LogP contribution in [0.1, 0.15) is 28.4 Å². The minimum Gasteiger partial charge on any atom is -0.444 e. The van der Waals surface area contributed by atoms with Gasteiger partial charge in [-0.3, -0.25) is 19.7 Å². The van der Waals surface area contributed by atoms with Crippen LogP contribution in [0, 0.1) is 21.4 Å². The Morgan fingerprint density at radius 3 is 2.31 bits per heavy atom. The van der Waals surface area contributed by atoms with Gasteiger partial charge in [0.05, 0.1) is 22.2 Å². The predicted octanol–water partition coefficient (Wildman–Crippen LogP) is 4.75. The third kappa shape index (κ3) is 6.72. The molecule has 0 saturated carbocycles. The van der Waals surface area contributed by atoms with Crippen LogP contribution in [0.25, 0.3) is 0 Å². The normalized spacial score (nSPS) is 11.0. The number of benzene rings is 3. The summed E-state index contributed by atoms with van der Waals surface area (Å²) in [5.41, 5.74) is 1.04. The first-order chi connectivity index (χ1) is 16.8. The molecule has 0 aromatic heterocycles. The first kappa shape index (κ1) is 25.1. The lowest BCUT2D eigenvalue weighted by Crippen LogP contribution is -2.26. The van der Waals surface area contributed by atoms with Gasteiger partial charge in [0.15, 0.2) is 0 Å². The van der Waals surface area contributed by atoms with Gasteiger partial charge in [0.1, 0.15) is 6.42 Å². The van der Waals surface area contributed by atoms with Gasteiger partial charge in [-0.2, -0.15) is 5.26 Å². The van der Waals surface area contributed by atoms with Crippen LogP contribution in [-0.4, -0.2) is 22.7 Å². The largest absolute Gasteiger partial charge is 0.444 e. The van der Waals surface area contributed by atoms with E-state index in [1.807, 2.05) is 0 Å². The van der Waals surface area contributed by atoms with E-state index in [9.17, 15) is 24.5 Å². The van der Waals surface area contributed by atoms with E-state index in [0.717, 1.165) is 0 Å². The second-order valence-corrected chi connectivity index (χ2v) is 7.92. The zero-order valence-electron chi connectivity index (χ0n) is 17.9. The maximum atomic E-state index is 13.1. The van der Waals surface area contributed by atoms with Crippen molar-refractivity contribution in [2.24, 2.45) is 0 Å². The number of nitrogens with zero attached hydrogens (tertiary/aromatic N) is 2. The number of carbonyl (C=O) groups excluding carboxylic acids is 3. The fourth-order valence-corrected chi connectivity index (χ4v) is 3.43. The molecule has 3 rings (SSSR count). The Hall–Kier alpha value is -4.56. The van der Waals surface area contributed by atoms with Gasteiger partial charge in [0.2, 0.25) is 12.0 Å². The van der Waals surface area contributed by atoms with Gasteiger partial charge in [0.25, 0.3) is 11.6 Å². The van der Waals surface area contributed by atoms with Gasteiger partial charge in [-0.05, 0) is 46.3 Å². The fraction of sp³-hybridized carbons (Fsp3) is 0.0833. The Morgan fingerprint density at radius 1 is 1.03 bits per heavy atom. The summed E-state index contributed by atoms with van der Waals surface area (Å²) in [6.45, 7) is 0. The maximum Gasteiger partial charge on any atom is 0.339 e. The van der Waals surface area contributed by atoms with E-state index in [4.69, 9.17) is 10.00 Å². The predicted molar refractivity (Wildman–Crippen MR) is 129 cm³/mol. The van der Waals surface area contributed by atoms with E-state index in [2.05, 4.69) is 26.6 Å². The Kier molecular flexibility index (Phi) is 8.26. The molecule has 35 heavy (non-hydrogen) atoms. The molecule has 2 amide bonds. The molecule has 10 nitrogen and oxygen atoms in total. The quantitative estimate of drug-likeness (QED) is 0.239. The van der Waals surface area contributed by atoms with E-state index in [0.29, 0.717) is 11.3 Å². The molecular formula is C24H17BrN4O6. The monoisotopic (exact) mass is 536 g/mol. The molecule has 176 valence electrons. The number of hydrogen-bond acceptors (Lipinski definition) is 7. The molecule has 0 fully saturated rings. The van der Waals surface area contributed by atoms with Gasteiger partial charge in [-0.15, -0.1) is 0 Å². The highest BCUT2D eigenvalue weighted by molar-refractivity contribution is 9.10. The van der Waals surface area contributed by atoms with E-state index >= 15 is 0 Å².